The van der Waals surface area contributed by atoms with Crippen LogP contribution in [0.5, 0.6) is 0 Å². The van der Waals surface area contributed by atoms with Crippen molar-refractivity contribution in [3.63, 3.8) is 0 Å². The fraction of sp³-hybridized carbons (Fsp3) is 0.467. The van der Waals surface area contributed by atoms with Crippen molar-refractivity contribution in [2.75, 3.05) is 13.1 Å². The van der Waals surface area contributed by atoms with Gasteiger partial charge in [-0.05, 0) is 45.4 Å². The summed E-state index contributed by atoms with van der Waals surface area (Å²) in [4.78, 5) is 23.5. The maximum Gasteiger partial charge on any atom is 0.407 e. The molecule has 8 heteroatoms. The van der Waals surface area contributed by atoms with Crippen LogP contribution >= 0.6 is 0 Å². The Morgan fingerprint density at radius 3 is 2.57 bits per heavy atom. The minimum Gasteiger partial charge on any atom is -0.444 e. The van der Waals surface area contributed by atoms with E-state index < -0.39 is 11.7 Å². The number of hydrogen-bond acceptors (Lipinski definition) is 5. The number of H-pyrrole nitrogens is 1. The number of carbonyl (C=O) groups excluding carboxylic acids is 2. The van der Waals surface area contributed by atoms with Crippen molar-refractivity contribution < 1.29 is 14.3 Å². The molecule has 1 aromatic carbocycles. The lowest BCUT2D eigenvalue weighted by Gasteiger charge is -2.19. The van der Waals surface area contributed by atoms with Gasteiger partial charge >= 0.3 is 6.09 Å². The van der Waals surface area contributed by atoms with E-state index in [-0.39, 0.29) is 5.91 Å². The monoisotopic (exact) mass is 319 g/mol. The number of nitrogens with one attached hydrogen (secondary N) is 3. The molecule has 3 N–H and O–H groups in total. The Kier molecular flexibility index (Phi) is 5.15. The maximum absolute atomic E-state index is 12.0. The number of aromatic amines is 1. The number of hydrogen-bond donors (Lipinski definition) is 3. The second kappa shape index (κ2) is 7.08. The number of fused-ring (bicyclic) bond motifs is 1. The van der Waals surface area contributed by atoms with Crippen molar-refractivity contribution in [2.45, 2.75) is 32.8 Å². The summed E-state index contributed by atoms with van der Waals surface area (Å²) >= 11 is 0. The van der Waals surface area contributed by atoms with Gasteiger partial charge in [-0.1, -0.05) is 0 Å². The summed E-state index contributed by atoms with van der Waals surface area (Å²) in [7, 11) is 0. The number of rotatable bonds is 5. The standard InChI is InChI=1S/C15H21N5O3/c1-15(2,3)23-14(22)17-8-4-7-16-13(21)10-5-6-11-12(9-10)19-20-18-11/h5-6,9H,4,7-8H2,1-3H3,(H,16,21)(H,17,22)(H,18,19,20). The van der Waals surface area contributed by atoms with Gasteiger partial charge in [0.25, 0.3) is 5.91 Å². The molecule has 2 aromatic rings. The van der Waals surface area contributed by atoms with Gasteiger partial charge in [0.15, 0.2) is 0 Å². The Balaban J connectivity index is 1.69. The van der Waals surface area contributed by atoms with Gasteiger partial charge in [0.2, 0.25) is 0 Å². The quantitative estimate of drug-likeness (QED) is 0.725. The van der Waals surface area contributed by atoms with E-state index in [4.69, 9.17) is 4.74 Å². The van der Waals surface area contributed by atoms with Gasteiger partial charge in [0, 0.05) is 18.7 Å². The Bertz CT molecular complexity index is 690. The molecule has 0 spiro atoms. The van der Waals surface area contributed by atoms with Gasteiger partial charge in [-0.3, -0.25) is 4.79 Å². The topological polar surface area (TPSA) is 109 Å². The first-order chi connectivity index (χ1) is 10.8. The fourth-order valence-corrected chi connectivity index (χ4v) is 1.88. The molecule has 0 aliphatic rings. The molecule has 0 saturated heterocycles. The Morgan fingerprint density at radius 1 is 1.13 bits per heavy atom. The highest BCUT2D eigenvalue weighted by Crippen LogP contribution is 2.10. The second-order valence-corrected chi connectivity index (χ2v) is 6.07. The zero-order chi connectivity index (χ0) is 16.9. The summed E-state index contributed by atoms with van der Waals surface area (Å²) in [6.45, 7) is 6.29. The van der Waals surface area contributed by atoms with Crippen LogP contribution in [0, 0.1) is 0 Å². The van der Waals surface area contributed by atoms with Crippen LogP contribution in [-0.4, -0.2) is 46.1 Å². The van der Waals surface area contributed by atoms with Gasteiger partial charge in [-0.25, -0.2) is 4.79 Å². The Labute approximate surface area is 134 Å². The number of nitrogens with zero attached hydrogens (tertiary/aromatic N) is 2. The first-order valence-electron chi connectivity index (χ1n) is 7.41. The van der Waals surface area contributed by atoms with E-state index in [1.807, 2.05) is 0 Å². The van der Waals surface area contributed by atoms with E-state index in [1.165, 1.54) is 0 Å². The van der Waals surface area contributed by atoms with Crippen LogP contribution in [0.25, 0.3) is 11.0 Å². The van der Waals surface area contributed by atoms with E-state index >= 15 is 0 Å². The third-order valence-corrected chi connectivity index (χ3v) is 2.89. The Hall–Kier alpha value is -2.64. The van der Waals surface area contributed by atoms with Crippen molar-refractivity contribution in [1.82, 2.24) is 26.0 Å². The molecule has 1 heterocycles. The predicted octanol–water partition coefficient (Wildman–Crippen LogP) is 1.60. The van der Waals surface area contributed by atoms with E-state index in [2.05, 4.69) is 26.0 Å². The van der Waals surface area contributed by atoms with Crippen LogP contribution in [0.15, 0.2) is 18.2 Å². The first kappa shape index (κ1) is 16.7. The molecule has 124 valence electrons. The molecule has 0 fully saturated rings. The summed E-state index contributed by atoms with van der Waals surface area (Å²) in [6.07, 6.45) is 0.150. The van der Waals surface area contributed by atoms with Crippen LogP contribution in [0.2, 0.25) is 0 Å². The predicted molar refractivity (Wildman–Crippen MR) is 85.1 cm³/mol. The minimum atomic E-state index is -0.516. The highest BCUT2D eigenvalue weighted by Gasteiger charge is 2.15. The highest BCUT2D eigenvalue weighted by molar-refractivity contribution is 5.97. The molecule has 0 radical (unpaired) electrons. The van der Waals surface area contributed by atoms with Crippen molar-refractivity contribution >= 4 is 23.0 Å². The number of ether oxygens (including phenoxy) is 1. The largest absolute Gasteiger partial charge is 0.444 e. The SMILES string of the molecule is CC(C)(C)OC(=O)NCCCNC(=O)c1ccc2n[nH]nc2c1. The van der Waals surface area contributed by atoms with Crippen LogP contribution in [-0.2, 0) is 4.74 Å². The summed E-state index contributed by atoms with van der Waals surface area (Å²) in [6, 6.07) is 5.10. The summed E-state index contributed by atoms with van der Waals surface area (Å²) in [5, 5.41) is 15.8. The van der Waals surface area contributed by atoms with Gasteiger partial charge in [0.1, 0.15) is 16.6 Å². The lowest BCUT2D eigenvalue weighted by molar-refractivity contribution is 0.0527. The van der Waals surface area contributed by atoms with E-state index in [0.29, 0.717) is 36.1 Å². The molecule has 0 atom stereocenters. The van der Waals surface area contributed by atoms with E-state index in [0.717, 1.165) is 0 Å². The fourth-order valence-electron chi connectivity index (χ4n) is 1.88. The molecular formula is C15H21N5O3. The van der Waals surface area contributed by atoms with Crippen molar-refractivity contribution in [2.24, 2.45) is 0 Å². The zero-order valence-electron chi connectivity index (χ0n) is 13.5. The molecule has 0 unspecified atom stereocenters. The molecule has 23 heavy (non-hydrogen) atoms. The molecule has 8 nitrogen and oxygen atoms in total. The second-order valence-electron chi connectivity index (χ2n) is 6.07. The molecule has 0 bridgehead atoms. The lowest BCUT2D eigenvalue weighted by Crippen LogP contribution is -2.34. The highest BCUT2D eigenvalue weighted by atomic mass is 16.6. The molecule has 2 rings (SSSR count). The third kappa shape index (κ3) is 5.24. The van der Waals surface area contributed by atoms with Crippen LogP contribution in [0.3, 0.4) is 0 Å². The lowest BCUT2D eigenvalue weighted by atomic mass is 10.2. The van der Waals surface area contributed by atoms with Gasteiger partial charge in [-0.15, -0.1) is 0 Å². The molecule has 0 aliphatic carbocycles. The first-order valence-corrected chi connectivity index (χ1v) is 7.41. The number of amides is 2. The number of carbonyl (C=O) groups is 2. The Morgan fingerprint density at radius 2 is 1.83 bits per heavy atom. The van der Waals surface area contributed by atoms with Gasteiger partial charge in [0.05, 0.1) is 0 Å². The summed E-state index contributed by atoms with van der Waals surface area (Å²) < 4.78 is 5.11. The van der Waals surface area contributed by atoms with Crippen LogP contribution < -0.4 is 10.6 Å². The zero-order valence-corrected chi connectivity index (χ0v) is 13.5. The summed E-state index contributed by atoms with van der Waals surface area (Å²) in [5.41, 5.74) is 1.36. The summed E-state index contributed by atoms with van der Waals surface area (Å²) in [5.74, 6) is -0.188. The van der Waals surface area contributed by atoms with Crippen molar-refractivity contribution in [3.05, 3.63) is 23.8 Å². The van der Waals surface area contributed by atoms with Crippen molar-refractivity contribution in [1.29, 1.82) is 0 Å². The molecule has 1 aromatic heterocycles. The third-order valence-electron chi connectivity index (χ3n) is 2.89. The molecular weight excluding hydrogens is 298 g/mol. The van der Waals surface area contributed by atoms with Gasteiger partial charge < -0.3 is 15.4 Å². The normalized spacial score (nSPS) is 11.3. The smallest absolute Gasteiger partial charge is 0.407 e. The minimum absolute atomic E-state index is 0.188. The van der Waals surface area contributed by atoms with Crippen molar-refractivity contribution in [3.8, 4) is 0 Å². The average Bonchev–Trinajstić information content (AvgIpc) is 2.92. The molecule has 0 saturated carbocycles. The number of benzene rings is 1. The number of alkyl carbamates (subject to hydrolysis) is 1. The maximum atomic E-state index is 12.0. The number of aromatic nitrogens is 3. The van der Waals surface area contributed by atoms with E-state index in [1.54, 1.807) is 39.0 Å². The molecule has 0 aliphatic heterocycles. The van der Waals surface area contributed by atoms with E-state index in [9.17, 15) is 9.59 Å². The molecule has 2 amide bonds. The van der Waals surface area contributed by atoms with Crippen LogP contribution in [0.1, 0.15) is 37.6 Å². The van der Waals surface area contributed by atoms with Crippen LogP contribution in [0.4, 0.5) is 4.79 Å². The van der Waals surface area contributed by atoms with Gasteiger partial charge in [-0.2, -0.15) is 15.4 Å². The average molecular weight is 319 g/mol.